The Morgan fingerprint density at radius 1 is 1.10 bits per heavy atom. The summed E-state index contributed by atoms with van der Waals surface area (Å²) in [5.41, 5.74) is 0.171. The summed E-state index contributed by atoms with van der Waals surface area (Å²) in [6, 6.07) is 6.51. The lowest BCUT2D eigenvalue weighted by molar-refractivity contribution is -0.113. The summed E-state index contributed by atoms with van der Waals surface area (Å²) in [6.45, 7) is 0. The number of fused-ring (bicyclic) bond motifs is 1. The lowest BCUT2D eigenvalue weighted by Crippen LogP contribution is -2.37. The molecule has 2 heterocycles. The van der Waals surface area contributed by atoms with E-state index in [1.165, 1.54) is 25.8 Å². The number of aryl methyl sites for hydroxylation is 2. The number of methoxy groups -OCH3 is 1. The van der Waals surface area contributed by atoms with Crippen molar-refractivity contribution < 1.29 is 14.3 Å². The predicted octanol–water partition coefficient (Wildman–Crippen LogP) is 0.488. The van der Waals surface area contributed by atoms with Gasteiger partial charge in [0, 0.05) is 21.1 Å². The fourth-order valence-corrected chi connectivity index (χ4v) is 3.59. The average Bonchev–Trinajstić information content (AvgIpc) is 3.05. The van der Waals surface area contributed by atoms with Crippen molar-refractivity contribution in [2.75, 3.05) is 18.2 Å². The summed E-state index contributed by atoms with van der Waals surface area (Å²) in [5.74, 6) is -0.929. The highest BCUT2D eigenvalue weighted by Gasteiger charge is 2.19. The predicted molar refractivity (Wildman–Crippen MR) is 108 cm³/mol. The van der Waals surface area contributed by atoms with Gasteiger partial charge in [0.25, 0.3) is 5.56 Å². The molecule has 0 aliphatic heterocycles. The van der Waals surface area contributed by atoms with Gasteiger partial charge in [0.2, 0.25) is 5.91 Å². The number of thioether (sulfide) groups is 1. The second-order valence-electron chi connectivity index (χ2n) is 6.21. The molecule has 2 aromatic heterocycles. The maximum atomic E-state index is 12.4. The Hall–Kier alpha value is -3.34. The van der Waals surface area contributed by atoms with Crippen LogP contribution in [0.25, 0.3) is 11.2 Å². The Morgan fingerprint density at radius 3 is 2.48 bits per heavy atom. The minimum atomic E-state index is -0.555. The molecule has 0 aliphatic carbocycles. The number of benzene rings is 1. The Kier molecular flexibility index (Phi) is 5.59. The number of nitrogens with one attached hydrogen (secondary N) is 1. The zero-order valence-corrected chi connectivity index (χ0v) is 17.1. The number of hydrogen-bond acceptors (Lipinski definition) is 7. The maximum Gasteiger partial charge on any atom is 0.339 e. The third kappa shape index (κ3) is 3.68. The number of carbonyl (C=O) groups excluding carboxylic acids is 2. The van der Waals surface area contributed by atoms with Gasteiger partial charge in [-0.05, 0) is 12.1 Å². The molecule has 1 amide bonds. The van der Waals surface area contributed by atoms with Gasteiger partial charge in [-0.15, -0.1) is 0 Å². The first-order chi connectivity index (χ1) is 13.8. The molecule has 0 radical (unpaired) electrons. The van der Waals surface area contributed by atoms with Crippen molar-refractivity contribution >= 4 is 40.5 Å². The van der Waals surface area contributed by atoms with Crippen molar-refractivity contribution in [3.63, 3.8) is 0 Å². The van der Waals surface area contributed by atoms with Crippen molar-refractivity contribution in [3.05, 3.63) is 50.7 Å². The van der Waals surface area contributed by atoms with E-state index in [1.54, 1.807) is 35.9 Å². The molecule has 0 aliphatic rings. The van der Waals surface area contributed by atoms with E-state index in [2.05, 4.69) is 10.3 Å². The van der Waals surface area contributed by atoms with Gasteiger partial charge < -0.3 is 14.6 Å². The molecule has 10 nitrogen and oxygen atoms in total. The monoisotopic (exact) mass is 417 g/mol. The number of aromatic nitrogens is 4. The Labute approximate surface area is 169 Å². The molecule has 29 heavy (non-hydrogen) atoms. The van der Waals surface area contributed by atoms with E-state index in [-0.39, 0.29) is 28.4 Å². The van der Waals surface area contributed by atoms with E-state index in [9.17, 15) is 19.2 Å². The Balaban J connectivity index is 1.83. The van der Waals surface area contributed by atoms with Crippen LogP contribution in [0.5, 0.6) is 0 Å². The summed E-state index contributed by atoms with van der Waals surface area (Å²) < 4.78 is 8.56. The summed E-state index contributed by atoms with van der Waals surface area (Å²) in [5, 5.41) is 3.08. The SMILES string of the molecule is COC(=O)c1ccccc1NC(=O)CSc1nc2c(c(=O)n(C)c(=O)n2C)n1C. The first-order valence-corrected chi connectivity index (χ1v) is 9.47. The van der Waals surface area contributed by atoms with Gasteiger partial charge in [-0.2, -0.15) is 0 Å². The molecule has 0 fully saturated rings. The number of amides is 1. The average molecular weight is 417 g/mol. The summed E-state index contributed by atoms with van der Waals surface area (Å²) >= 11 is 1.11. The third-order valence-electron chi connectivity index (χ3n) is 4.37. The van der Waals surface area contributed by atoms with Gasteiger partial charge in [0.1, 0.15) is 0 Å². The number of rotatable bonds is 5. The van der Waals surface area contributed by atoms with Crippen molar-refractivity contribution in [2.24, 2.45) is 21.1 Å². The first kappa shape index (κ1) is 20.4. The van der Waals surface area contributed by atoms with Gasteiger partial charge in [0.15, 0.2) is 16.3 Å². The number of ether oxygens (including phenoxy) is 1. The van der Waals surface area contributed by atoms with Crippen LogP contribution in [0.2, 0.25) is 0 Å². The molecule has 11 heteroatoms. The number of nitrogens with zero attached hydrogens (tertiary/aromatic N) is 4. The molecule has 0 atom stereocenters. The van der Waals surface area contributed by atoms with Crippen LogP contribution in [0.3, 0.4) is 0 Å². The second-order valence-corrected chi connectivity index (χ2v) is 7.15. The molecule has 0 unspecified atom stereocenters. The fourth-order valence-electron chi connectivity index (χ4n) is 2.82. The number of esters is 1. The topological polar surface area (TPSA) is 117 Å². The molecule has 1 N–H and O–H groups in total. The molecular formula is C18H19N5O5S. The molecule has 0 saturated heterocycles. The quantitative estimate of drug-likeness (QED) is 0.474. The largest absolute Gasteiger partial charge is 0.465 e. The van der Waals surface area contributed by atoms with Gasteiger partial charge in [-0.3, -0.25) is 18.7 Å². The molecule has 1 aromatic carbocycles. The van der Waals surface area contributed by atoms with E-state index in [0.717, 1.165) is 16.3 Å². The highest BCUT2D eigenvalue weighted by molar-refractivity contribution is 7.99. The van der Waals surface area contributed by atoms with E-state index >= 15 is 0 Å². The van der Waals surface area contributed by atoms with Crippen LogP contribution in [0, 0.1) is 0 Å². The van der Waals surface area contributed by atoms with Crippen LogP contribution in [-0.2, 0) is 30.7 Å². The molecule has 152 valence electrons. The van der Waals surface area contributed by atoms with Crippen LogP contribution in [0.4, 0.5) is 5.69 Å². The molecule has 0 spiro atoms. The number of imidazole rings is 1. The van der Waals surface area contributed by atoms with Crippen molar-refractivity contribution in [1.82, 2.24) is 18.7 Å². The highest BCUT2D eigenvalue weighted by Crippen LogP contribution is 2.21. The van der Waals surface area contributed by atoms with Crippen LogP contribution in [0.1, 0.15) is 10.4 Å². The zero-order chi connectivity index (χ0) is 21.3. The number of hydrogen-bond donors (Lipinski definition) is 1. The van der Waals surface area contributed by atoms with Crippen LogP contribution < -0.4 is 16.6 Å². The minimum Gasteiger partial charge on any atom is -0.465 e. The molecule has 3 aromatic rings. The van der Waals surface area contributed by atoms with Crippen LogP contribution >= 0.6 is 11.8 Å². The Bertz CT molecular complexity index is 1240. The second kappa shape index (κ2) is 7.95. The lowest BCUT2D eigenvalue weighted by Gasteiger charge is -2.09. The zero-order valence-electron chi connectivity index (χ0n) is 16.3. The molecule has 0 bridgehead atoms. The van der Waals surface area contributed by atoms with Crippen molar-refractivity contribution in [2.45, 2.75) is 5.16 Å². The lowest BCUT2D eigenvalue weighted by atomic mass is 10.2. The number of para-hydroxylation sites is 1. The summed E-state index contributed by atoms with van der Waals surface area (Å²) in [6.07, 6.45) is 0. The van der Waals surface area contributed by atoms with Crippen LogP contribution in [0.15, 0.2) is 39.0 Å². The summed E-state index contributed by atoms with van der Waals surface area (Å²) in [4.78, 5) is 53.0. The molecule has 0 saturated carbocycles. The smallest absolute Gasteiger partial charge is 0.339 e. The summed E-state index contributed by atoms with van der Waals surface area (Å²) in [7, 11) is 5.84. The van der Waals surface area contributed by atoms with Gasteiger partial charge in [0.05, 0.1) is 24.1 Å². The van der Waals surface area contributed by atoms with E-state index in [0.29, 0.717) is 10.8 Å². The Morgan fingerprint density at radius 2 is 1.79 bits per heavy atom. The standard InChI is InChI=1S/C18H19N5O5S/c1-21-13-14(22(2)18(27)23(3)15(13)25)20-17(21)29-9-12(24)19-11-8-6-5-7-10(11)16(26)28-4/h5-8H,9H2,1-4H3,(H,19,24). The van der Waals surface area contributed by atoms with Gasteiger partial charge in [-0.25, -0.2) is 14.6 Å². The van der Waals surface area contributed by atoms with Crippen LogP contribution in [-0.4, -0.2) is 43.4 Å². The molecule has 3 rings (SSSR count). The number of anilines is 1. The first-order valence-electron chi connectivity index (χ1n) is 8.48. The maximum absolute atomic E-state index is 12.4. The van der Waals surface area contributed by atoms with Crippen molar-refractivity contribution in [3.8, 4) is 0 Å². The third-order valence-corrected chi connectivity index (χ3v) is 5.40. The molecular weight excluding hydrogens is 398 g/mol. The normalized spacial score (nSPS) is 10.9. The highest BCUT2D eigenvalue weighted by atomic mass is 32.2. The van der Waals surface area contributed by atoms with E-state index < -0.39 is 17.2 Å². The number of carbonyl (C=O) groups is 2. The van der Waals surface area contributed by atoms with E-state index in [4.69, 9.17) is 4.74 Å². The van der Waals surface area contributed by atoms with E-state index in [1.807, 2.05) is 0 Å². The fraction of sp³-hybridized carbons (Fsp3) is 0.278. The van der Waals surface area contributed by atoms with Gasteiger partial charge >= 0.3 is 11.7 Å². The van der Waals surface area contributed by atoms with Gasteiger partial charge in [-0.1, -0.05) is 23.9 Å². The van der Waals surface area contributed by atoms with Crippen molar-refractivity contribution in [1.29, 1.82) is 0 Å². The minimum absolute atomic E-state index is 0.0130.